The van der Waals surface area contributed by atoms with Gasteiger partial charge >= 0.3 is 0 Å². The summed E-state index contributed by atoms with van der Waals surface area (Å²) in [6.45, 7) is 3.18. The molecule has 0 radical (unpaired) electrons. The van der Waals surface area contributed by atoms with Crippen molar-refractivity contribution in [3.63, 3.8) is 0 Å². The average Bonchev–Trinajstić information content (AvgIpc) is 2.96. The van der Waals surface area contributed by atoms with Gasteiger partial charge in [-0.05, 0) is 59.5 Å². The number of anilines is 1. The van der Waals surface area contributed by atoms with Crippen LogP contribution in [-0.4, -0.2) is 68.6 Å². The van der Waals surface area contributed by atoms with Crippen LogP contribution in [-0.2, 0) is 11.2 Å². The van der Waals surface area contributed by atoms with Crippen LogP contribution in [0.2, 0.25) is 5.02 Å². The predicted octanol–water partition coefficient (Wildman–Crippen LogP) is 4.54. The number of nitrogens with zero attached hydrogens (tertiary/aromatic N) is 3. The monoisotopic (exact) mass is 531 g/mol. The van der Waals surface area contributed by atoms with E-state index in [0.717, 1.165) is 35.5 Å². The minimum absolute atomic E-state index is 0.0270. The normalized spacial score (nSPS) is 20.4. The van der Waals surface area contributed by atoms with E-state index in [0.29, 0.717) is 48.1 Å². The number of piperazine rings is 1. The Morgan fingerprint density at radius 2 is 1.61 bits per heavy atom. The molecule has 0 N–H and O–H groups in total. The Morgan fingerprint density at radius 3 is 2.34 bits per heavy atom. The molecule has 3 aliphatic rings. The first kappa shape index (κ1) is 24.6. The second-order valence-corrected chi connectivity index (χ2v) is 10.4. The van der Waals surface area contributed by atoms with E-state index in [2.05, 4.69) is 4.90 Å². The van der Waals surface area contributed by atoms with E-state index in [-0.39, 0.29) is 11.8 Å². The molecule has 196 valence electrons. The van der Waals surface area contributed by atoms with Gasteiger partial charge in [0.2, 0.25) is 5.91 Å². The number of halogens is 1. The Labute approximate surface area is 227 Å². The average molecular weight is 532 g/mol. The second-order valence-electron chi connectivity index (χ2n) is 9.96. The predicted molar refractivity (Wildman–Crippen MR) is 146 cm³/mol. The van der Waals surface area contributed by atoms with E-state index >= 15 is 0 Å². The van der Waals surface area contributed by atoms with Gasteiger partial charge in [0, 0.05) is 49.0 Å². The van der Waals surface area contributed by atoms with Crippen LogP contribution < -0.4 is 14.4 Å². The molecule has 7 nitrogen and oxygen atoms in total. The number of carbonyl (C=O) groups excluding carboxylic acids is 2. The first-order chi connectivity index (χ1) is 18.5. The molecule has 3 aliphatic heterocycles. The summed E-state index contributed by atoms with van der Waals surface area (Å²) in [7, 11) is 3.23. The van der Waals surface area contributed by atoms with E-state index < -0.39 is 12.0 Å². The lowest BCUT2D eigenvalue weighted by atomic mass is 9.75. The zero-order valence-corrected chi connectivity index (χ0v) is 22.3. The first-order valence-electron chi connectivity index (χ1n) is 12.9. The lowest BCUT2D eigenvalue weighted by molar-refractivity contribution is -0.135. The standard InChI is InChI=1S/C30H30ClN3O4/c1-37-25-16-19-10-11-34-28(24(19)18-26(25)38-2)27(22-8-3-4-9-23(22)29(34)35)30(36)33-14-12-32(13-15-33)21-7-5-6-20(31)17-21/h3-9,16-18,27-28H,10-15H2,1-2H3/t27-,28+/m1/s1. The molecule has 0 aliphatic carbocycles. The SMILES string of the molecule is COc1cc2c(cc1OC)[C@H]1[C@H](C(=O)N3CCN(c4cccc(Cl)c4)CC3)c3ccccc3C(=O)N1CC2. The summed E-state index contributed by atoms with van der Waals surface area (Å²) in [6.07, 6.45) is 0.694. The third-order valence-corrected chi connectivity index (χ3v) is 8.29. The quantitative estimate of drug-likeness (QED) is 0.494. The molecule has 3 aromatic carbocycles. The Morgan fingerprint density at radius 1 is 0.868 bits per heavy atom. The summed E-state index contributed by atoms with van der Waals surface area (Å²) in [4.78, 5) is 34.1. The summed E-state index contributed by atoms with van der Waals surface area (Å²) in [6, 6.07) is 18.9. The molecule has 1 fully saturated rings. The summed E-state index contributed by atoms with van der Waals surface area (Å²) >= 11 is 6.21. The fourth-order valence-electron chi connectivity index (χ4n) is 6.17. The van der Waals surface area contributed by atoms with E-state index in [1.165, 1.54) is 0 Å². The molecular weight excluding hydrogens is 502 g/mol. The van der Waals surface area contributed by atoms with Crippen molar-refractivity contribution in [2.24, 2.45) is 0 Å². The van der Waals surface area contributed by atoms with Crippen molar-refractivity contribution in [1.29, 1.82) is 0 Å². The van der Waals surface area contributed by atoms with Crippen molar-refractivity contribution < 1.29 is 19.1 Å². The Kier molecular flexibility index (Phi) is 6.40. The zero-order chi connectivity index (χ0) is 26.4. The summed E-state index contributed by atoms with van der Waals surface area (Å²) in [5.74, 6) is 0.774. The van der Waals surface area contributed by atoms with Gasteiger partial charge in [-0.3, -0.25) is 9.59 Å². The van der Waals surface area contributed by atoms with Crippen molar-refractivity contribution in [1.82, 2.24) is 9.80 Å². The third kappa shape index (κ3) is 4.06. The number of rotatable bonds is 4. The molecule has 38 heavy (non-hydrogen) atoms. The molecule has 0 spiro atoms. The van der Waals surface area contributed by atoms with Gasteiger partial charge in [0.15, 0.2) is 11.5 Å². The Bertz CT molecular complexity index is 1400. The molecule has 3 aromatic rings. The maximum Gasteiger partial charge on any atom is 0.254 e. The van der Waals surface area contributed by atoms with Gasteiger partial charge in [-0.1, -0.05) is 35.9 Å². The highest BCUT2D eigenvalue weighted by molar-refractivity contribution is 6.30. The fourth-order valence-corrected chi connectivity index (χ4v) is 6.36. The molecule has 0 bridgehead atoms. The topological polar surface area (TPSA) is 62.3 Å². The number of carbonyl (C=O) groups is 2. The van der Waals surface area contributed by atoms with Crippen LogP contribution in [0.5, 0.6) is 11.5 Å². The van der Waals surface area contributed by atoms with E-state index in [1.54, 1.807) is 14.2 Å². The summed E-state index contributed by atoms with van der Waals surface area (Å²) < 4.78 is 11.2. The van der Waals surface area contributed by atoms with Crippen molar-refractivity contribution >= 4 is 29.1 Å². The number of fused-ring (bicyclic) bond motifs is 4. The lowest BCUT2D eigenvalue weighted by Gasteiger charge is -2.47. The number of benzene rings is 3. The highest BCUT2D eigenvalue weighted by atomic mass is 35.5. The van der Waals surface area contributed by atoms with Crippen molar-refractivity contribution in [3.05, 3.63) is 87.9 Å². The van der Waals surface area contributed by atoms with Crippen LogP contribution in [0.1, 0.15) is 39.0 Å². The molecule has 0 saturated carbocycles. The summed E-state index contributed by atoms with van der Waals surface area (Å²) in [5.41, 5.74) is 4.51. The highest BCUT2D eigenvalue weighted by Gasteiger charge is 2.48. The number of ether oxygens (including phenoxy) is 2. The maximum atomic E-state index is 14.4. The van der Waals surface area contributed by atoms with Gasteiger partial charge in [0.1, 0.15) is 0 Å². The molecule has 6 rings (SSSR count). The van der Waals surface area contributed by atoms with Gasteiger partial charge in [0.25, 0.3) is 5.91 Å². The minimum Gasteiger partial charge on any atom is -0.493 e. The van der Waals surface area contributed by atoms with Gasteiger partial charge in [-0.15, -0.1) is 0 Å². The molecule has 2 atom stereocenters. The maximum absolute atomic E-state index is 14.4. The minimum atomic E-state index is -0.501. The summed E-state index contributed by atoms with van der Waals surface area (Å²) in [5, 5.41) is 0.701. The van der Waals surface area contributed by atoms with Gasteiger partial charge in [0.05, 0.1) is 26.2 Å². The lowest BCUT2D eigenvalue weighted by Crippen LogP contribution is -2.54. The Balaban J connectivity index is 1.37. The molecule has 0 unspecified atom stereocenters. The van der Waals surface area contributed by atoms with Gasteiger partial charge in [-0.2, -0.15) is 0 Å². The zero-order valence-electron chi connectivity index (χ0n) is 21.5. The molecular formula is C30H30ClN3O4. The number of methoxy groups -OCH3 is 2. The van der Waals surface area contributed by atoms with Crippen LogP contribution >= 0.6 is 11.6 Å². The van der Waals surface area contributed by atoms with Crippen LogP contribution in [0.25, 0.3) is 0 Å². The van der Waals surface area contributed by atoms with Crippen molar-refractivity contribution in [2.45, 2.75) is 18.4 Å². The number of hydrogen-bond donors (Lipinski definition) is 0. The van der Waals surface area contributed by atoms with Crippen LogP contribution in [0.15, 0.2) is 60.7 Å². The molecule has 0 aromatic heterocycles. The fraction of sp³-hybridized carbons (Fsp3) is 0.333. The number of hydrogen-bond acceptors (Lipinski definition) is 5. The third-order valence-electron chi connectivity index (χ3n) is 8.06. The van der Waals surface area contributed by atoms with Crippen LogP contribution in [0.3, 0.4) is 0 Å². The van der Waals surface area contributed by atoms with E-state index in [1.807, 2.05) is 70.5 Å². The molecule has 1 saturated heterocycles. The highest BCUT2D eigenvalue weighted by Crippen LogP contribution is 2.49. The van der Waals surface area contributed by atoms with E-state index in [4.69, 9.17) is 21.1 Å². The van der Waals surface area contributed by atoms with Crippen LogP contribution in [0.4, 0.5) is 5.69 Å². The Hall–Kier alpha value is -3.71. The van der Waals surface area contributed by atoms with Crippen LogP contribution in [0, 0.1) is 0 Å². The molecule has 3 heterocycles. The van der Waals surface area contributed by atoms with Crippen molar-refractivity contribution in [2.75, 3.05) is 51.8 Å². The second kappa shape index (κ2) is 9.87. The first-order valence-corrected chi connectivity index (χ1v) is 13.3. The smallest absolute Gasteiger partial charge is 0.254 e. The van der Waals surface area contributed by atoms with Crippen molar-refractivity contribution in [3.8, 4) is 11.5 Å². The largest absolute Gasteiger partial charge is 0.493 e. The number of amides is 2. The molecule has 2 amide bonds. The van der Waals surface area contributed by atoms with E-state index in [9.17, 15) is 9.59 Å². The molecule has 8 heteroatoms. The van der Waals surface area contributed by atoms with Gasteiger partial charge in [-0.25, -0.2) is 0 Å². The van der Waals surface area contributed by atoms with Gasteiger partial charge < -0.3 is 24.2 Å².